The van der Waals surface area contributed by atoms with Crippen molar-refractivity contribution in [2.24, 2.45) is 23.0 Å². The van der Waals surface area contributed by atoms with Gasteiger partial charge in [-0.25, -0.2) is 0 Å². The van der Waals surface area contributed by atoms with E-state index in [2.05, 4.69) is 32.6 Å². The van der Waals surface area contributed by atoms with Gasteiger partial charge >= 0.3 is 0 Å². The summed E-state index contributed by atoms with van der Waals surface area (Å²) in [6, 6.07) is 0. The summed E-state index contributed by atoms with van der Waals surface area (Å²) in [5.41, 5.74) is 7.15. The molecule has 1 heterocycles. The van der Waals surface area contributed by atoms with E-state index < -0.39 is 0 Å². The first-order valence-electron chi connectivity index (χ1n) is 9.34. The van der Waals surface area contributed by atoms with Crippen molar-refractivity contribution in [1.82, 2.24) is 4.90 Å². The summed E-state index contributed by atoms with van der Waals surface area (Å²) in [6.45, 7) is 13.1. The lowest BCUT2D eigenvalue weighted by atomic mass is 9.82. The Morgan fingerprint density at radius 2 is 1.76 bits per heavy atom. The van der Waals surface area contributed by atoms with Crippen LogP contribution in [0.2, 0.25) is 0 Å². The van der Waals surface area contributed by atoms with Crippen LogP contribution in [0.1, 0.15) is 79.1 Å². The van der Waals surface area contributed by atoms with Gasteiger partial charge in [-0.05, 0) is 75.3 Å². The Hall–Kier alpha value is -0.0800. The molecule has 2 N–H and O–H groups in total. The summed E-state index contributed by atoms with van der Waals surface area (Å²) < 4.78 is 0. The van der Waals surface area contributed by atoms with Crippen molar-refractivity contribution in [2.45, 2.75) is 84.6 Å². The number of rotatable bonds is 3. The molecule has 21 heavy (non-hydrogen) atoms. The number of nitrogens with two attached hydrogens (primary N) is 1. The molecule has 2 atom stereocenters. The maximum atomic E-state index is 6.33. The van der Waals surface area contributed by atoms with E-state index in [1.54, 1.807) is 0 Å². The number of hydrogen-bond acceptors (Lipinski definition) is 2. The molecule has 124 valence electrons. The number of nitrogens with zero attached hydrogens (tertiary/aromatic N) is 1. The molecule has 2 heteroatoms. The molecular formula is C19H38N2. The van der Waals surface area contributed by atoms with Crippen LogP contribution in [0, 0.1) is 17.3 Å². The molecule has 0 radical (unpaired) electrons. The fourth-order valence-corrected chi connectivity index (χ4v) is 4.63. The predicted octanol–water partition coefficient (Wildman–Crippen LogP) is 4.43. The minimum Gasteiger partial charge on any atom is -0.329 e. The molecule has 2 nitrogen and oxygen atoms in total. The lowest BCUT2D eigenvalue weighted by Gasteiger charge is -2.43. The van der Waals surface area contributed by atoms with Crippen LogP contribution < -0.4 is 5.73 Å². The van der Waals surface area contributed by atoms with Crippen LogP contribution in [-0.2, 0) is 0 Å². The molecule has 1 saturated carbocycles. The highest BCUT2D eigenvalue weighted by Crippen LogP contribution is 2.41. The van der Waals surface area contributed by atoms with E-state index in [1.165, 1.54) is 64.5 Å². The molecule has 0 spiro atoms. The lowest BCUT2D eigenvalue weighted by molar-refractivity contribution is 0.0767. The lowest BCUT2D eigenvalue weighted by Crippen LogP contribution is -2.54. The predicted molar refractivity (Wildman–Crippen MR) is 92.4 cm³/mol. The van der Waals surface area contributed by atoms with Crippen molar-refractivity contribution < 1.29 is 0 Å². The number of hydrogen-bond donors (Lipinski definition) is 1. The minimum atomic E-state index is 0.305. The molecule has 1 saturated heterocycles. The van der Waals surface area contributed by atoms with Crippen LogP contribution in [0.15, 0.2) is 0 Å². The quantitative estimate of drug-likeness (QED) is 0.780. The summed E-state index contributed by atoms with van der Waals surface area (Å²) in [4.78, 5) is 2.80. The van der Waals surface area contributed by atoms with Crippen molar-refractivity contribution in [2.75, 3.05) is 19.6 Å². The highest BCUT2D eigenvalue weighted by Gasteiger charge is 2.39. The largest absolute Gasteiger partial charge is 0.329 e. The first kappa shape index (κ1) is 17.3. The molecule has 2 fully saturated rings. The second-order valence-electron chi connectivity index (χ2n) is 8.87. The Kier molecular flexibility index (Phi) is 5.76. The third-order valence-electron chi connectivity index (χ3n) is 6.53. The standard InChI is InChI=1S/C19H38N2/c1-16(2)17-7-5-13-21(14-8-17)19(15-20)10-6-9-18(3,4)11-12-19/h16-17H,5-15,20H2,1-4H3. The fourth-order valence-electron chi connectivity index (χ4n) is 4.63. The highest BCUT2D eigenvalue weighted by molar-refractivity contribution is 4.96. The van der Waals surface area contributed by atoms with Crippen LogP contribution >= 0.6 is 0 Å². The van der Waals surface area contributed by atoms with Gasteiger partial charge in [-0.2, -0.15) is 0 Å². The SMILES string of the molecule is CC(C)C1CCCN(C2(CN)CCCC(C)(C)CC2)CC1. The Morgan fingerprint density at radius 3 is 2.43 bits per heavy atom. The van der Waals surface area contributed by atoms with Crippen molar-refractivity contribution >= 4 is 0 Å². The highest BCUT2D eigenvalue weighted by atomic mass is 15.2. The topological polar surface area (TPSA) is 29.3 Å². The fraction of sp³-hybridized carbons (Fsp3) is 1.00. The first-order chi connectivity index (χ1) is 9.88. The van der Waals surface area contributed by atoms with Gasteiger partial charge in [0.2, 0.25) is 0 Å². The molecule has 0 bridgehead atoms. The van der Waals surface area contributed by atoms with E-state index in [-0.39, 0.29) is 0 Å². The molecule has 2 unspecified atom stereocenters. The molecule has 2 rings (SSSR count). The van der Waals surface area contributed by atoms with Gasteiger partial charge in [0.25, 0.3) is 0 Å². The summed E-state index contributed by atoms with van der Waals surface area (Å²) in [5, 5.41) is 0. The van der Waals surface area contributed by atoms with Gasteiger partial charge in [0.05, 0.1) is 0 Å². The average Bonchev–Trinajstić information content (AvgIpc) is 2.76. The van der Waals surface area contributed by atoms with Crippen LogP contribution in [0.4, 0.5) is 0 Å². The molecule has 0 aromatic heterocycles. The second kappa shape index (κ2) is 7.00. The molecule has 1 aliphatic carbocycles. The van der Waals surface area contributed by atoms with Gasteiger partial charge < -0.3 is 5.73 Å². The van der Waals surface area contributed by atoms with Crippen molar-refractivity contribution in [3.63, 3.8) is 0 Å². The van der Waals surface area contributed by atoms with Gasteiger partial charge in [0.1, 0.15) is 0 Å². The van der Waals surface area contributed by atoms with Gasteiger partial charge in [0.15, 0.2) is 0 Å². The Bertz CT molecular complexity index is 324. The zero-order valence-corrected chi connectivity index (χ0v) is 15.0. The van der Waals surface area contributed by atoms with Crippen LogP contribution in [0.25, 0.3) is 0 Å². The molecule has 1 aliphatic heterocycles. The van der Waals surface area contributed by atoms with Crippen molar-refractivity contribution in [3.05, 3.63) is 0 Å². The number of likely N-dealkylation sites (tertiary alicyclic amines) is 1. The Labute approximate surface area is 132 Å². The van der Waals surface area contributed by atoms with Crippen LogP contribution in [-0.4, -0.2) is 30.1 Å². The Balaban J connectivity index is 2.06. The zero-order chi connectivity index (χ0) is 15.5. The molecule has 2 aliphatic rings. The normalized spacial score (nSPS) is 35.4. The minimum absolute atomic E-state index is 0.305. The summed E-state index contributed by atoms with van der Waals surface area (Å²) in [6.07, 6.45) is 10.9. The maximum Gasteiger partial charge on any atom is 0.0331 e. The molecule has 0 aromatic rings. The third kappa shape index (κ3) is 4.22. The zero-order valence-electron chi connectivity index (χ0n) is 15.0. The maximum absolute atomic E-state index is 6.33. The van der Waals surface area contributed by atoms with Gasteiger partial charge in [-0.1, -0.05) is 34.1 Å². The third-order valence-corrected chi connectivity index (χ3v) is 6.53. The van der Waals surface area contributed by atoms with E-state index in [0.29, 0.717) is 11.0 Å². The van der Waals surface area contributed by atoms with Gasteiger partial charge in [0, 0.05) is 12.1 Å². The smallest absolute Gasteiger partial charge is 0.0331 e. The molecule has 0 amide bonds. The van der Waals surface area contributed by atoms with Crippen LogP contribution in [0.3, 0.4) is 0 Å². The van der Waals surface area contributed by atoms with Gasteiger partial charge in [-0.3, -0.25) is 4.90 Å². The average molecular weight is 295 g/mol. The summed E-state index contributed by atoms with van der Waals surface area (Å²) >= 11 is 0. The van der Waals surface area contributed by atoms with Gasteiger partial charge in [-0.15, -0.1) is 0 Å². The molecular weight excluding hydrogens is 256 g/mol. The van der Waals surface area contributed by atoms with E-state index in [1.807, 2.05) is 0 Å². The monoisotopic (exact) mass is 294 g/mol. The van der Waals surface area contributed by atoms with E-state index >= 15 is 0 Å². The molecule has 0 aromatic carbocycles. The first-order valence-corrected chi connectivity index (χ1v) is 9.34. The van der Waals surface area contributed by atoms with E-state index in [9.17, 15) is 0 Å². The van der Waals surface area contributed by atoms with Crippen molar-refractivity contribution in [3.8, 4) is 0 Å². The summed E-state index contributed by atoms with van der Waals surface area (Å²) in [5.74, 6) is 1.76. The van der Waals surface area contributed by atoms with Crippen molar-refractivity contribution in [1.29, 1.82) is 0 Å². The van der Waals surface area contributed by atoms with E-state index in [4.69, 9.17) is 5.73 Å². The second-order valence-corrected chi connectivity index (χ2v) is 8.87. The van der Waals surface area contributed by atoms with Crippen LogP contribution in [0.5, 0.6) is 0 Å². The summed E-state index contributed by atoms with van der Waals surface area (Å²) in [7, 11) is 0. The van der Waals surface area contributed by atoms with E-state index in [0.717, 1.165) is 18.4 Å². The Morgan fingerprint density at radius 1 is 1.00 bits per heavy atom.